The van der Waals surface area contributed by atoms with Crippen molar-refractivity contribution in [1.82, 2.24) is 9.80 Å². The zero-order chi connectivity index (χ0) is 15.1. The molecule has 0 bridgehead atoms. The van der Waals surface area contributed by atoms with Gasteiger partial charge in [0.05, 0.1) is 7.11 Å². The predicted octanol–water partition coefficient (Wildman–Crippen LogP) is 1.49. The number of piperazine rings is 1. The van der Waals surface area contributed by atoms with Crippen LogP contribution in [0.15, 0.2) is 24.3 Å². The van der Waals surface area contributed by atoms with Gasteiger partial charge in [-0.15, -0.1) is 0 Å². The van der Waals surface area contributed by atoms with Crippen molar-refractivity contribution in [2.45, 2.75) is 6.42 Å². The summed E-state index contributed by atoms with van der Waals surface area (Å²) in [7, 11) is 3.35. The predicted molar refractivity (Wildman–Crippen MR) is 81.8 cm³/mol. The van der Waals surface area contributed by atoms with Crippen LogP contribution in [0.25, 0.3) is 0 Å². The van der Waals surface area contributed by atoms with Crippen LogP contribution in [0.5, 0.6) is 5.75 Å². The number of hydrogen-bond acceptors (Lipinski definition) is 4. The first-order chi connectivity index (χ1) is 10.2. The highest BCUT2D eigenvalue weighted by Crippen LogP contribution is 2.14. The van der Waals surface area contributed by atoms with Crippen LogP contribution >= 0.6 is 0 Å². The van der Waals surface area contributed by atoms with Crippen LogP contribution in [0.2, 0.25) is 0 Å². The van der Waals surface area contributed by atoms with E-state index in [2.05, 4.69) is 4.90 Å². The Morgan fingerprint density at radius 3 is 2.33 bits per heavy atom. The highest BCUT2D eigenvalue weighted by atomic mass is 16.5. The first kappa shape index (κ1) is 15.8. The standard InChI is InChI=1S/C16H24N2O3/c1-20-13-3-8-17-9-11-18(12-10-17)16(19)14-4-6-15(21-2)7-5-14/h4-7H,3,8-13H2,1-2H3. The molecule has 0 N–H and O–H groups in total. The molecule has 0 aromatic heterocycles. The Labute approximate surface area is 126 Å². The van der Waals surface area contributed by atoms with Gasteiger partial charge in [-0.2, -0.15) is 0 Å². The second-order valence-electron chi connectivity index (χ2n) is 5.21. The molecule has 1 saturated heterocycles. The summed E-state index contributed by atoms with van der Waals surface area (Å²) in [5.74, 6) is 0.878. The number of ether oxygens (including phenoxy) is 2. The molecule has 21 heavy (non-hydrogen) atoms. The van der Waals surface area contributed by atoms with Crippen molar-refractivity contribution < 1.29 is 14.3 Å². The molecule has 1 aromatic rings. The molecule has 1 amide bonds. The van der Waals surface area contributed by atoms with Gasteiger partial charge in [0.15, 0.2) is 0 Å². The van der Waals surface area contributed by atoms with Gasteiger partial charge >= 0.3 is 0 Å². The highest BCUT2D eigenvalue weighted by molar-refractivity contribution is 5.94. The average molecular weight is 292 g/mol. The first-order valence-electron chi connectivity index (χ1n) is 7.39. The third-order valence-electron chi connectivity index (χ3n) is 3.82. The molecule has 0 saturated carbocycles. The Bertz CT molecular complexity index is 439. The van der Waals surface area contributed by atoms with Crippen LogP contribution in [-0.2, 0) is 4.74 Å². The number of nitrogens with zero attached hydrogens (tertiary/aromatic N) is 2. The maximum atomic E-state index is 12.4. The van der Waals surface area contributed by atoms with Crippen LogP contribution in [0, 0.1) is 0 Å². The molecule has 0 unspecified atom stereocenters. The van der Waals surface area contributed by atoms with Gasteiger partial charge in [0.25, 0.3) is 5.91 Å². The second-order valence-corrected chi connectivity index (χ2v) is 5.21. The summed E-state index contributed by atoms with van der Waals surface area (Å²) in [6.07, 6.45) is 1.04. The summed E-state index contributed by atoms with van der Waals surface area (Å²) < 4.78 is 10.2. The van der Waals surface area contributed by atoms with Crippen molar-refractivity contribution in [2.24, 2.45) is 0 Å². The van der Waals surface area contributed by atoms with Crippen molar-refractivity contribution in [3.05, 3.63) is 29.8 Å². The Kier molecular flexibility index (Phi) is 6.02. The molecule has 1 aliphatic heterocycles. The van der Waals surface area contributed by atoms with E-state index in [9.17, 15) is 4.79 Å². The smallest absolute Gasteiger partial charge is 0.253 e. The van der Waals surface area contributed by atoms with E-state index in [1.807, 2.05) is 29.2 Å². The monoisotopic (exact) mass is 292 g/mol. The van der Waals surface area contributed by atoms with Gasteiger partial charge in [-0.05, 0) is 30.7 Å². The first-order valence-corrected chi connectivity index (χ1v) is 7.39. The minimum absolute atomic E-state index is 0.106. The quantitative estimate of drug-likeness (QED) is 0.745. The van der Waals surface area contributed by atoms with Crippen molar-refractivity contribution in [3.8, 4) is 5.75 Å². The summed E-state index contributed by atoms with van der Waals surface area (Å²) in [5.41, 5.74) is 0.726. The molecule has 1 aliphatic rings. The van der Waals surface area contributed by atoms with Gasteiger partial charge in [0.2, 0.25) is 0 Å². The fourth-order valence-corrected chi connectivity index (χ4v) is 2.52. The Hall–Kier alpha value is -1.59. The van der Waals surface area contributed by atoms with E-state index < -0.39 is 0 Å². The van der Waals surface area contributed by atoms with E-state index in [1.54, 1.807) is 14.2 Å². The molecule has 0 aliphatic carbocycles. The molecule has 1 fully saturated rings. The molecule has 116 valence electrons. The van der Waals surface area contributed by atoms with E-state index in [0.29, 0.717) is 0 Å². The lowest BCUT2D eigenvalue weighted by atomic mass is 10.1. The number of amides is 1. The summed E-state index contributed by atoms with van der Waals surface area (Å²) in [5, 5.41) is 0. The Morgan fingerprint density at radius 2 is 1.76 bits per heavy atom. The highest BCUT2D eigenvalue weighted by Gasteiger charge is 2.21. The van der Waals surface area contributed by atoms with Crippen molar-refractivity contribution in [2.75, 3.05) is 53.6 Å². The maximum Gasteiger partial charge on any atom is 0.253 e. The number of carbonyl (C=O) groups is 1. The molecular weight excluding hydrogens is 268 g/mol. The van der Waals surface area contributed by atoms with Gasteiger partial charge in [0, 0.05) is 52.0 Å². The summed E-state index contributed by atoms with van der Waals surface area (Å²) in [6, 6.07) is 7.31. The molecule has 0 atom stereocenters. The number of rotatable bonds is 6. The van der Waals surface area contributed by atoms with Gasteiger partial charge < -0.3 is 14.4 Å². The van der Waals surface area contributed by atoms with Crippen LogP contribution in [0.1, 0.15) is 16.8 Å². The van der Waals surface area contributed by atoms with E-state index in [-0.39, 0.29) is 5.91 Å². The average Bonchev–Trinajstić information content (AvgIpc) is 2.55. The lowest BCUT2D eigenvalue weighted by molar-refractivity contribution is 0.0624. The lowest BCUT2D eigenvalue weighted by Crippen LogP contribution is -2.48. The molecule has 1 aromatic carbocycles. The third kappa shape index (κ3) is 4.44. The molecule has 2 rings (SSSR count). The second kappa shape index (κ2) is 8.00. The Balaban J connectivity index is 1.82. The SMILES string of the molecule is COCCCN1CCN(C(=O)c2ccc(OC)cc2)CC1. The van der Waals surface area contributed by atoms with Crippen LogP contribution in [-0.4, -0.2) is 69.3 Å². The van der Waals surface area contributed by atoms with Crippen LogP contribution < -0.4 is 4.74 Å². The van der Waals surface area contributed by atoms with Crippen LogP contribution in [0.3, 0.4) is 0 Å². The molecule has 1 heterocycles. The van der Waals surface area contributed by atoms with E-state index in [4.69, 9.17) is 9.47 Å². The normalized spacial score (nSPS) is 16.0. The number of benzene rings is 1. The molecule has 5 heteroatoms. The van der Waals surface area contributed by atoms with E-state index in [1.165, 1.54) is 0 Å². The minimum Gasteiger partial charge on any atom is -0.497 e. The molecular formula is C16H24N2O3. The van der Waals surface area contributed by atoms with Gasteiger partial charge in [-0.3, -0.25) is 9.69 Å². The number of carbonyl (C=O) groups excluding carboxylic acids is 1. The summed E-state index contributed by atoms with van der Waals surface area (Å²) in [6.45, 7) is 5.29. The summed E-state index contributed by atoms with van der Waals surface area (Å²) >= 11 is 0. The maximum absolute atomic E-state index is 12.4. The minimum atomic E-state index is 0.106. The largest absolute Gasteiger partial charge is 0.497 e. The lowest BCUT2D eigenvalue weighted by Gasteiger charge is -2.34. The van der Waals surface area contributed by atoms with Crippen molar-refractivity contribution in [3.63, 3.8) is 0 Å². The fraction of sp³-hybridized carbons (Fsp3) is 0.562. The van der Waals surface area contributed by atoms with Gasteiger partial charge in [-0.25, -0.2) is 0 Å². The third-order valence-corrected chi connectivity index (χ3v) is 3.82. The number of methoxy groups -OCH3 is 2. The van der Waals surface area contributed by atoms with Crippen molar-refractivity contribution in [1.29, 1.82) is 0 Å². The summed E-state index contributed by atoms with van der Waals surface area (Å²) in [4.78, 5) is 16.7. The zero-order valence-electron chi connectivity index (χ0n) is 12.9. The van der Waals surface area contributed by atoms with Crippen LogP contribution in [0.4, 0.5) is 0 Å². The molecule has 0 radical (unpaired) electrons. The molecule has 5 nitrogen and oxygen atoms in total. The number of hydrogen-bond donors (Lipinski definition) is 0. The van der Waals surface area contributed by atoms with Gasteiger partial charge in [-0.1, -0.05) is 0 Å². The topological polar surface area (TPSA) is 42.0 Å². The molecule has 0 spiro atoms. The van der Waals surface area contributed by atoms with Gasteiger partial charge in [0.1, 0.15) is 5.75 Å². The fourth-order valence-electron chi connectivity index (χ4n) is 2.52. The van der Waals surface area contributed by atoms with Crippen molar-refractivity contribution >= 4 is 5.91 Å². The Morgan fingerprint density at radius 1 is 1.10 bits per heavy atom. The van der Waals surface area contributed by atoms with E-state index in [0.717, 1.165) is 57.1 Å². The van der Waals surface area contributed by atoms with E-state index >= 15 is 0 Å². The zero-order valence-corrected chi connectivity index (χ0v) is 12.9.